The van der Waals surface area contributed by atoms with Crippen LogP contribution in [0.4, 0.5) is 0 Å². The van der Waals surface area contributed by atoms with Crippen molar-refractivity contribution in [3.05, 3.63) is 57.2 Å². The number of thiophene rings is 1. The molecule has 1 fully saturated rings. The average molecular weight is 434 g/mol. The maximum absolute atomic E-state index is 12.2. The summed E-state index contributed by atoms with van der Waals surface area (Å²) < 4.78 is 0. The van der Waals surface area contributed by atoms with E-state index in [1.54, 1.807) is 35.6 Å². The lowest BCUT2D eigenvalue weighted by Crippen LogP contribution is -2.46. The third kappa shape index (κ3) is 5.58. The average Bonchev–Trinajstić information content (AvgIpc) is 3.42. The van der Waals surface area contributed by atoms with Gasteiger partial charge in [-0.25, -0.2) is 0 Å². The molecule has 1 aliphatic rings. The summed E-state index contributed by atoms with van der Waals surface area (Å²) in [4.78, 5) is 37.3. The van der Waals surface area contributed by atoms with E-state index in [-0.39, 0.29) is 24.4 Å². The number of amides is 3. The van der Waals surface area contributed by atoms with E-state index in [1.165, 1.54) is 4.88 Å². The topological polar surface area (TPSA) is 87.3 Å². The van der Waals surface area contributed by atoms with Crippen molar-refractivity contribution in [2.24, 2.45) is 0 Å². The van der Waals surface area contributed by atoms with Gasteiger partial charge in [-0.05, 0) is 35.9 Å². The molecule has 6 nitrogen and oxygen atoms in total. The number of carbonyl (C=O) groups excluding carboxylic acids is 3. The number of carbonyl (C=O) groups is 3. The highest BCUT2D eigenvalue weighted by molar-refractivity contribution is 7.10. The maximum Gasteiger partial charge on any atom is 0.309 e. The van der Waals surface area contributed by atoms with Crippen LogP contribution in [0.3, 0.4) is 0 Å². The van der Waals surface area contributed by atoms with Gasteiger partial charge in [0.15, 0.2) is 0 Å². The lowest BCUT2D eigenvalue weighted by Gasteiger charge is -2.28. The zero-order chi connectivity index (χ0) is 20.7. The first kappa shape index (κ1) is 21.3. The molecule has 3 rings (SSSR count). The van der Waals surface area contributed by atoms with Crippen molar-refractivity contribution in [2.75, 3.05) is 13.1 Å². The second-order valence-corrected chi connectivity index (χ2v) is 8.55. The minimum absolute atomic E-state index is 0.0137. The van der Waals surface area contributed by atoms with Gasteiger partial charge in [-0.3, -0.25) is 14.4 Å². The predicted molar refractivity (Wildman–Crippen MR) is 114 cm³/mol. The predicted octanol–water partition coefficient (Wildman–Crippen LogP) is 2.76. The van der Waals surface area contributed by atoms with Crippen LogP contribution in [0.1, 0.15) is 36.1 Å². The van der Waals surface area contributed by atoms with Gasteiger partial charge in [-0.1, -0.05) is 48.7 Å². The van der Waals surface area contributed by atoms with Gasteiger partial charge in [0.25, 0.3) is 0 Å². The highest BCUT2D eigenvalue weighted by Gasteiger charge is 2.36. The Morgan fingerprint density at radius 1 is 0.966 bits per heavy atom. The molecule has 29 heavy (non-hydrogen) atoms. The van der Waals surface area contributed by atoms with E-state index >= 15 is 0 Å². The van der Waals surface area contributed by atoms with E-state index in [0.717, 1.165) is 25.7 Å². The Morgan fingerprint density at radius 2 is 1.69 bits per heavy atom. The molecule has 0 saturated heterocycles. The van der Waals surface area contributed by atoms with Gasteiger partial charge >= 0.3 is 11.8 Å². The van der Waals surface area contributed by atoms with Gasteiger partial charge in [0.1, 0.15) is 0 Å². The van der Waals surface area contributed by atoms with Crippen LogP contribution in [-0.4, -0.2) is 30.8 Å². The smallest absolute Gasteiger partial charge is 0.309 e. The van der Waals surface area contributed by atoms with Crippen LogP contribution in [0.5, 0.6) is 0 Å². The van der Waals surface area contributed by atoms with Crippen molar-refractivity contribution in [3.8, 4) is 0 Å². The highest BCUT2D eigenvalue weighted by Crippen LogP contribution is 2.42. The minimum Gasteiger partial charge on any atom is -0.354 e. The largest absolute Gasteiger partial charge is 0.354 e. The minimum atomic E-state index is -0.846. The summed E-state index contributed by atoms with van der Waals surface area (Å²) in [6.07, 6.45) is 4.39. The van der Waals surface area contributed by atoms with Gasteiger partial charge in [-0.15, -0.1) is 11.3 Å². The van der Waals surface area contributed by atoms with Crippen molar-refractivity contribution in [1.82, 2.24) is 16.0 Å². The normalized spacial score (nSPS) is 14.9. The standard InChI is InChI=1S/C21H24ClN3O3S/c22-16-7-2-1-6-15(16)12-23-19(27)20(28)24-13-18(26)25-14-21(9-3-4-10-21)17-8-5-11-29-17/h1-2,5-8,11H,3-4,9-10,12-14H2,(H,23,27)(H,24,28)(H,25,26). The Balaban J connectivity index is 1.42. The molecule has 0 aliphatic heterocycles. The maximum atomic E-state index is 12.2. The summed E-state index contributed by atoms with van der Waals surface area (Å²) in [5.74, 6) is -1.95. The van der Waals surface area contributed by atoms with E-state index in [0.29, 0.717) is 17.1 Å². The molecular weight excluding hydrogens is 410 g/mol. The Morgan fingerprint density at radius 3 is 2.38 bits per heavy atom. The third-order valence-corrected chi connectivity index (χ3v) is 6.73. The summed E-state index contributed by atoms with van der Waals surface area (Å²) >= 11 is 7.74. The number of benzene rings is 1. The first-order valence-corrected chi connectivity index (χ1v) is 10.9. The van der Waals surface area contributed by atoms with Crippen LogP contribution in [0.25, 0.3) is 0 Å². The Hall–Kier alpha value is -2.38. The van der Waals surface area contributed by atoms with Crippen LogP contribution < -0.4 is 16.0 Å². The van der Waals surface area contributed by atoms with Crippen molar-refractivity contribution in [1.29, 1.82) is 0 Å². The number of halogens is 1. The first-order chi connectivity index (χ1) is 14.0. The van der Waals surface area contributed by atoms with Crippen LogP contribution in [0, 0.1) is 0 Å². The third-order valence-electron chi connectivity index (χ3n) is 5.24. The fourth-order valence-corrected chi connectivity index (χ4v) is 4.80. The second-order valence-electron chi connectivity index (χ2n) is 7.20. The molecule has 0 spiro atoms. The Bertz CT molecular complexity index is 864. The van der Waals surface area contributed by atoms with E-state index in [1.807, 2.05) is 6.07 Å². The molecule has 0 atom stereocenters. The molecule has 8 heteroatoms. The Labute approximate surface area is 179 Å². The number of hydrogen-bond acceptors (Lipinski definition) is 4. The molecule has 3 amide bonds. The van der Waals surface area contributed by atoms with E-state index in [9.17, 15) is 14.4 Å². The summed E-state index contributed by atoms with van der Waals surface area (Å²) in [5.41, 5.74) is 0.698. The quantitative estimate of drug-likeness (QED) is 0.587. The Kier molecular flexibility index (Phi) is 7.28. The first-order valence-electron chi connectivity index (χ1n) is 9.60. The molecule has 1 heterocycles. The number of rotatable bonds is 7. The molecule has 1 aliphatic carbocycles. The molecule has 1 aromatic heterocycles. The number of nitrogens with one attached hydrogen (secondary N) is 3. The van der Waals surface area contributed by atoms with Gasteiger partial charge in [0.2, 0.25) is 5.91 Å². The summed E-state index contributed by atoms with van der Waals surface area (Å²) in [6, 6.07) is 11.2. The van der Waals surface area contributed by atoms with E-state index in [2.05, 4.69) is 27.4 Å². The zero-order valence-corrected chi connectivity index (χ0v) is 17.6. The monoisotopic (exact) mass is 433 g/mol. The van der Waals surface area contributed by atoms with E-state index < -0.39 is 11.8 Å². The summed E-state index contributed by atoms with van der Waals surface area (Å²) in [7, 11) is 0. The lowest BCUT2D eigenvalue weighted by atomic mass is 9.84. The van der Waals surface area contributed by atoms with Crippen LogP contribution in [-0.2, 0) is 26.3 Å². The molecule has 0 unspecified atom stereocenters. The van der Waals surface area contributed by atoms with Gasteiger partial charge in [0.05, 0.1) is 6.54 Å². The highest BCUT2D eigenvalue weighted by atomic mass is 35.5. The SMILES string of the molecule is O=C(CNC(=O)C(=O)NCc1ccccc1Cl)NCC1(c2cccs2)CCCC1. The van der Waals surface area contributed by atoms with Gasteiger partial charge in [-0.2, -0.15) is 0 Å². The van der Waals surface area contributed by atoms with Crippen LogP contribution in [0.2, 0.25) is 5.02 Å². The summed E-state index contributed by atoms with van der Waals surface area (Å²) in [6.45, 7) is 0.446. The fraction of sp³-hybridized carbons (Fsp3) is 0.381. The second kappa shape index (κ2) is 9.89. The lowest BCUT2D eigenvalue weighted by molar-refractivity contribution is -0.139. The van der Waals surface area contributed by atoms with E-state index in [4.69, 9.17) is 11.6 Å². The van der Waals surface area contributed by atoms with Crippen molar-refractivity contribution in [2.45, 2.75) is 37.6 Å². The van der Waals surface area contributed by atoms with Gasteiger partial charge in [0, 0.05) is 28.4 Å². The van der Waals surface area contributed by atoms with Crippen LogP contribution in [0.15, 0.2) is 41.8 Å². The molecule has 0 bridgehead atoms. The van der Waals surface area contributed by atoms with Crippen molar-refractivity contribution < 1.29 is 14.4 Å². The molecule has 1 saturated carbocycles. The molecule has 2 aromatic rings. The summed E-state index contributed by atoms with van der Waals surface area (Å²) in [5, 5.41) is 10.3. The van der Waals surface area contributed by atoms with Crippen molar-refractivity contribution >= 4 is 40.7 Å². The zero-order valence-electron chi connectivity index (χ0n) is 16.0. The molecule has 1 aromatic carbocycles. The fourth-order valence-electron chi connectivity index (χ4n) is 3.61. The van der Waals surface area contributed by atoms with Crippen LogP contribution >= 0.6 is 22.9 Å². The number of hydrogen-bond donors (Lipinski definition) is 3. The molecule has 3 N–H and O–H groups in total. The molecular formula is C21H24ClN3O3S. The van der Waals surface area contributed by atoms with Crippen molar-refractivity contribution in [3.63, 3.8) is 0 Å². The molecule has 154 valence electrons. The molecule has 0 radical (unpaired) electrons. The van der Waals surface area contributed by atoms with Gasteiger partial charge < -0.3 is 16.0 Å².